The van der Waals surface area contributed by atoms with Crippen molar-refractivity contribution in [3.63, 3.8) is 0 Å². The summed E-state index contributed by atoms with van der Waals surface area (Å²) in [6, 6.07) is 23.0. The van der Waals surface area contributed by atoms with Crippen molar-refractivity contribution in [2.45, 2.75) is 45.1 Å². The van der Waals surface area contributed by atoms with E-state index < -0.39 is 0 Å². The highest BCUT2D eigenvalue weighted by molar-refractivity contribution is 6.30. The van der Waals surface area contributed by atoms with E-state index in [1.54, 1.807) is 31.4 Å². The molecular formula is C31H36ClN3O4. The molecule has 1 N–H and O–H groups in total. The van der Waals surface area contributed by atoms with Crippen LogP contribution < -0.4 is 19.5 Å². The van der Waals surface area contributed by atoms with Gasteiger partial charge >= 0.3 is 0 Å². The first-order chi connectivity index (χ1) is 19.1. The van der Waals surface area contributed by atoms with Crippen LogP contribution in [-0.4, -0.2) is 42.3 Å². The van der Waals surface area contributed by atoms with Gasteiger partial charge in [-0.05, 0) is 74.2 Å². The average Bonchev–Trinajstić information content (AvgIpc) is 3.31. The van der Waals surface area contributed by atoms with Crippen LogP contribution in [-0.2, 0) is 17.8 Å². The number of para-hydroxylation sites is 4. The largest absolute Gasteiger partial charge is 0.493 e. The van der Waals surface area contributed by atoms with Gasteiger partial charge in [-0.2, -0.15) is 0 Å². The molecule has 1 aromatic heterocycles. The zero-order valence-corrected chi connectivity index (χ0v) is 23.2. The Kier molecular flexibility index (Phi) is 10.9. The lowest BCUT2D eigenvalue weighted by molar-refractivity contribution is -0.123. The molecule has 0 saturated heterocycles. The Morgan fingerprint density at radius 1 is 0.872 bits per heavy atom. The number of carbonyl (C=O) groups excluding carboxylic acids is 1. The lowest BCUT2D eigenvalue weighted by atomic mass is 10.2. The molecule has 0 bridgehead atoms. The second-order valence-electron chi connectivity index (χ2n) is 9.28. The minimum Gasteiger partial charge on any atom is -0.493 e. The summed E-state index contributed by atoms with van der Waals surface area (Å²) in [4.78, 5) is 17.0. The Bertz CT molecular complexity index is 1320. The highest BCUT2D eigenvalue weighted by Crippen LogP contribution is 2.26. The zero-order chi connectivity index (χ0) is 27.3. The lowest BCUT2D eigenvalue weighted by Crippen LogP contribution is -2.29. The fraction of sp³-hybridized carbons (Fsp3) is 0.355. The molecule has 206 valence electrons. The number of ether oxygens (including phenoxy) is 3. The molecule has 0 fully saturated rings. The molecule has 0 spiro atoms. The average molecular weight is 550 g/mol. The molecular weight excluding hydrogens is 514 g/mol. The number of amides is 1. The molecule has 0 unspecified atom stereocenters. The van der Waals surface area contributed by atoms with Gasteiger partial charge in [0.1, 0.15) is 11.6 Å². The molecule has 0 aliphatic carbocycles. The van der Waals surface area contributed by atoms with E-state index in [9.17, 15) is 4.79 Å². The van der Waals surface area contributed by atoms with Crippen LogP contribution in [0.5, 0.6) is 17.2 Å². The fourth-order valence-electron chi connectivity index (χ4n) is 4.40. The van der Waals surface area contributed by atoms with E-state index >= 15 is 0 Å². The summed E-state index contributed by atoms with van der Waals surface area (Å²) < 4.78 is 19.1. The number of aromatic nitrogens is 2. The van der Waals surface area contributed by atoms with Crippen molar-refractivity contribution in [3.8, 4) is 17.2 Å². The maximum Gasteiger partial charge on any atom is 0.257 e. The first kappa shape index (κ1) is 28.3. The number of fused-ring (bicyclic) bond motifs is 1. The lowest BCUT2D eigenvalue weighted by Gasteiger charge is -2.12. The molecule has 0 aliphatic heterocycles. The van der Waals surface area contributed by atoms with Crippen molar-refractivity contribution in [1.29, 1.82) is 0 Å². The molecule has 8 heteroatoms. The van der Waals surface area contributed by atoms with Gasteiger partial charge in [-0.1, -0.05) is 42.3 Å². The highest BCUT2D eigenvalue weighted by atomic mass is 35.5. The second-order valence-corrected chi connectivity index (χ2v) is 9.71. The van der Waals surface area contributed by atoms with E-state index in [0.717, 1.165) is 67.9 Å². The third-order valence-corrected chi connectivity index (χ3v) is 6.67. The summed E-state index contributed by atoms with van der Waals surface area (Å²) in [5, 5.41) is 3.56. The molecule has 0 atom stereocenters. The van der Waals surface area contributed by atoms with Gasteiger partial charge in [0.05, 0.1) is 24.8 Å². The summed E-state index contributed by atoms with van der Waals surface area (Å²) in [5.41, 5.74) is 2.21. The van der Waals surface area contributed by atoms with Gasteiger partial charge < -0.3 is 24.1 Å². The molecule has 39 heavy (non-hydrogen) atoms. The number of halogens is 1. The minimum absolute atomic E-state index is 0.00438. The van der Waals surface area contributed by atoms with Gasteiger partial charge in [0.25, 0.3) is 5.91 Å². The number of nitrogens with one attached hydrogen (secondary N) is 1. The first-order valence-electron chi connectivity index (χ1n) is 13.5. The number of rotatable bonds is 16. The molecule has 3 aromatic carbocycles. The van der Waals surface area contributed by atoms with Gasteiger partial charge in [-0.15, -0.1) is 0 Å². The third-order valence-electron chi connectivity index (χ3n) is 6.42. The molecule has 4 aromatic rings. The van der Waals surface area contributed by atoms with Crippen molar-refractivity contribution in [2.24, 2.45) is 0 Å². The van der Waals surface area contributed by atoms with Crippen LogP contribution >= 0.6 is 11.6 Å². The maximum atomic E-state index is 12.1. The van der Waals surface area contributed by atoms with Crippen LogP contribution in [0.1, 0.15) is 37.9 Å². The summed E-state index contributed by atoms with van der Waals surface area (Å²) >= 11 is 5.87. The van der Waals surface area contributed by atoms with Crippen molar-refractivity contribution < 1.29 is 19.0 Å². The van der Waals surface area contributed by atoms with Gasteiger partial charge in [0.2, 0.25) is 0 Å². The first-order valence-corrected chi connectivity index (χ1v) is 13.9. The van der Waals surface area contributed by atoms with E-state index in [1.807, 2.05) is 30.3 Å². The monoisotopic (exact) mass is 549 g/mol. The van der Waals surface area contributed by atoms with Gasteiger partial charge in [-0.25, -0.2) is 4.98 Å². The summed E-state index contributed by atoms with van der Waals surface area (Å²) in [7, 11) is 1.66. The number of imidazole rings is 1. The summed E-state index contributed by atoms with van der Waals surface area (Å²) in [6.45, 7) is 2.16. The minimum atomic E-state index is -0.124. The van der Waals surface area contributed by atoms with E-state index in [2.05, 4.69) is 28.1 Å². The predicted molar refractivity (Wildman–Crippen MR) is 155 cm³/mol. The van der Waals surface area contributed by atoms with Crippen LogP contribution in [0.3, 0.4) is 0 Å². The Morgan fingerprint density at radius 2 is 1.64 bits per heavy atom. The van der Waals surface area contributed by atoms with E-state index in [1.165, 1.54) is 5.52 Å². The molecule has 1 heterocycles. The van der Waals surface area contributed by atoms with Gasteiger partial charge in [-0.3, -0.25) is 4.79 Å². The van der Waals surface area contributed by atoms with Crippen molar-refractivity contribution >= 4 is 28.5 Å². The number of carbonyl (C=O) groups is 1. The molecule has 0 aliphatic rings. The van der Waals surface area contributed by atoms with Crippen LogP contribution in [0.2, 0.25) is 5.02 Å². The summed E-state index contributed by atoms with van der Waals surface area (Å²) in [6.07, 6.45) is 5.76. The topological polar surface area (TPSA) is 74.6 Å². The molecule has 0 saturated carbocycles. The Labute approximate surface area is 235 Å². The van der Waals surface area contributed by atoms with E-state index in [0.29, 0.717) is 23.9 Å². The van der Waals surface area contributed by atoms with Gasteiger partial charge in [0.15, 0.2) is 18.1 Å². The van der Waals surface area contributed by atoms with Gasteiger partial charge in [0, 0.05) is 24.5 Å². The fourth-order valence-corrected chi connectivity index (χ4v) is 4.53. The highest BCUT2D eigenvalue weighted by Gasteiger charge is 2.11. The van der Waals surface area contributed by atoms with Crippen LogP contribution in [0.25, 0.3) is 11.0 Å². The second kappa shape index (κ2) is 15.0. The number of benzene rings is 3. The Morgan fingerprint density at radius 3 is 2.46 bits per heavy atom. The number of methoxy groups -OCH3 is 1. The third kappa shape index (κ3) is 8.65. The smallest absolute Gasteiger partial charge is 0.257 e. The number of nitrogens with zero attached hydrogens (tertiary/aromatic N) is 2. The molecule has 4 rings (SSSR count). The van der Waals surface area contributed by atoms with Crippen molar-refractivity contribution in [3.05, 3.63) is 83.6 Å². The predicted octanol–water partition coefficient (Wildman–Crippen LogP) is 6.47. The van der Waals surface area contributed by atoms with Crippen LogP contribution in [0.4, 0.5) is 0 Å². The van der Waals surface area contributed by atoms with Crippen molar-refractivity contribution in [2.75, 3.05) is 26.9 Å². The number of hydrogen-bond donors (Lipinski definition) is 1. The Hall–Kier alpha value is -3.71. The van der Waals surface area contributed by atoms with E-state index in [-0.39, 0.29) is 12.5 Å². The number of unbranched alkanes of at least 4 members (excludes halogenated alkanes) is 3. The molecule has 0 radical (unpaired) electrons. The summed E-state index contributed by atoms with van der Waals surface area (Å²) in [5.74, 6) is 3.15. The Balaban J connectivity index is 1.17. The van der Waals surface area contributed by atoms with Crippen LogP contribution in [0, 0.1) is 0 Å². The number of hydrogen-bond acceptors (Lipinski definition) is 5. The maximum absolute atomic E-state index is 12.1. The van der Waals surface area contributed by atoms with Crippen LogP contribution in [0.15, 0.2) is 72.8 Å². The molecule has 7 nitrogen and oxygen atoms in total. The SMILES string of the molecule is COc1ccccc1OCCCCn1c(CCCCCNC(=O)COc2ccc(Cl)cc2)nc2ccccc21. The zero-order valence-electron chi connectivity index (χ0n) is 22.4. The van der Waals surface area contributed by atoms with Crippen molar-refractivity contribution in [1.82, 2.24) is 14.9 Å². The normalized spacial score (nSPS) is 10.9. The standard InChI is InChI=1S/C31H36ClN3O4/c1-37-28-13-6-7-14-29(28)38-22-10-9-21-35-27-12-5-4-11-26(27)34-30(35)15-3-2-8-20-33-31(36)23-39-25-18-16-24(32)17-19-25/h4-7,11-14,16-19H,2-3,8-10,15,20-23H2,1H3,(H,33,36). The molecule has 1 amide bonds. The quantitative estimate of drug-likeness (QED) is 0.162. The number of aryl methyl sites for hydroxylation is 2. The van der Waals surface area contributed by atoms with E-state index in [4.69, 9.17) is 30.8 Å².